The molecule has 170 valence electrons. The Morgan fingerprint density at radius 1 is 1.22 bits per heavy atom. The molecule has 1 heterocycles. The lowest BCUT2D eigenvalue weighted by Gasteiger charge is -2.36. The molecule has 0 radical (unpaired) electrons. The van der Waals surface area contributed by atoms with Gasteiger partial charge in [0.25, 0.3) is 18.2 Å². The van der Waals surface area contributed by atoms with Crippen LogP contribution in [-0.2, 0) is 4.79 Å². The molecule has 0 spiro atoms. The highest BCUT2D eigenvalue weighted by Crippen LogP contribution is 2.21. The Kier molecular flexibility index (Phi) is 8.05. The second-order valence-corrected chi connectivity index (χ2v) is 7.62. The number of carbonyl (C=O) groups is 3. The lowest BCUT2D eigenvalue weighted by molar-refractivity contribution is -0.135. The normalized spacial score (nSPS) is 13.2. The van der Waals surface area contributed by atoms with Crippen molar-refractivity contribution in [3.05, 3.63) is 46.5 Å². The van der Waals surface area contributed by atoms with Crippen molar-refractivity contribution in [1.82, 2.24) is 26.4 Å². The van der Waals surface area contributed by atoms with Crippen molar-refractivity contribution in [3.63, 3.8) is 0 Å². The van der Waals surface area contributed by atoms with Crippen LogP contribution in [0, 0.1) is 11.8 Å². The summed E-state index contributed by atoms with van der Waals surface area (Å²) in [5.41, 5.74) is 4.81. The molecule has 0 aliphatic carbocycles. The first-order chi connectivity index (χ1) is 15.1. The minimum atomic E-state index is -3.28. The Morgan fingerprint density at radius 2 is 1.88 bits per heavy atom. The quantitative estimate of drug-likeness (QED) is 0.209. The largest absolute Gasteiger partial charge is 0.375 e. The summed E-state index contributed by atoms with van der Waals surface area (Å²) < 4.78 is 27.6. The molecule has 0 saturated heterocycles. The smallest absolute Gasteiger partial charge is 0.315 e. The molecule has 1 aromatic heterocycles. The van der Waals surface area contributed by atoms with Crippen LogP contribution in [0.4, 0.5) is 18.7 Å². The van der Waals surface area contributed by atoms with E-state index in [9.17, 15) is 23.2 Å². The van der Waals surface area contributed by atoms with E-state index in [1.807, 2.05) is 5.32 Å². The van der Waals surface area contributed by atoms with Gasteiger partial charge in [-0.05, 0) is 37.1 Å². The maximum Gasteiger partial charge on any atom is 0.315 e. The van der Waals surface area contributed by atoms with E-state index >= 15 is 0 Å². The molecule has 0 bridgehead atoms. The zero-order valence-corrected chi connectivity index (χ0v) is 17.7. The van der Waals surface area contributed by atoms with Gasteiger partial charge in [-0.3, -0.25) is 14.8 Å². The Hall–Kier alpha value is -3.76. The van der Waals surface area contributed by atoms with Gasteiger partial charge >= 0.3 is 6.03 Å². The number of nitrogens with zero attached hydrogens (tertiary/aromatic N) is 1. The number of nitrogen functional groups attached to an aromatic ring is 1. The molecular formula is C19H20F2N6O4S. The number of hydrogen-bond donors (Lipinski definition) is 6. The number of halogens is 2. The van der Waals surface area contributed by atoms with E-state index in [-0.39, 0.29) is 5.56 Å². The minimum Gasteiger partial charge on any atom is -0.375 e. The van der Waals surface area contributed by atoms with Gasteiger partial charge in [0, 0.05) is 18.2 Å². The van der Waals surface area contributed by atoms with E-state index in [0.29, 0.717) is 15.6 Å². The van der Waals surface area contributed by atoms with Crippen LogP contribution < -0.4 is 27.2 Å². The highest BCUT2D eigenvalue weighted by Gasteiger charge is 2.48. The van der Waals surface area contributed by atoms with Crippen LogP contribution in [0.15, 0.2) is 30.5 Å². The Morgan fingerprint density at radius 3 is 2.38 bits per heavy atom. The van der Waals surface area contributed by atoms with Crippen molar-refractivity contribution in [2.24, 2.45) is 0 Å². The number of anilines is 1. The van der Waals surface area contributed by atoms with Gasteiger partial charge in [-0.1, -0.05) is 17.3 Å². The number of amides is 4. The zero-order chi connectivity index (χ0) is 23.9. The predicted octanol–water partition coefficient (Wildman–Crippen LogP) is 0.682. The average molecular weight is 466 g/mol. The number of nitrogens with one attached hydrogen (secondary N) is 4. The van der Waals surface area contributed by atoms with Crippen LogP contribution in [0.25, 0.3) is 0 Å². The van der Waals surface area contributed by atoms with E-state index in [0.717, 1.165) is 6.92 Å². The first kappa shape index (κ1) is 24.5. The van der Waals surface area contributed by atoms with Crippen LogP contribution in [-0.4, -0.2) is 53.1 Å². The van der Waals surface area contributed by atoms with Crippen LogP contribution in [0.5, 0.6) is 0 Å². The fraction of sp³-hybridized carbons (Fsp3) is 0.263. The summed E-state index contributed by atoms with van der Waals surface area (Å²) >= 11 is 1.21. The monoisotopic (exact) mass is 466 g/mol. The van der Waals surface area contributed by atoms with Gasteiger partial charge in [0.05, 0.1) is 11.1 Å². The topological polar surface area (TPSA) is 158 Å². The highest BCUT2D eigenvalue weighted by atomic mass is 32.1. The van der Waals surface area contributed by atoms with Gasteiger partial charge in [0.2, 0.25) is 0 Å². The SMILES string of the molecule is CNC(=O)NC(C)(C(F)F)[C@H](NC(=O)c1ccc(C#Cc2cnc(N)s2)cc1)C(=O)NO. The summed E-state index contributed by atoms with van der Waals surface area (Å²) in [6.45, 7) is 0.859. The van der Waals surface area contributed by atoms with Gasteiger partial charge in [-0.2, -0.15) is 0 Å². The number of urea groups is 1. The Balaban J connectivity index is 2.23. The van der Waals surface area contributed by atoms with E-state index in [1.165, 1.54) is 54.3 Å². The van der Waals surface area contributed by atoms with E-state index in [2.05, 4.69) is 27.5 Å². The molecule has 0 aliphatic rings. The third-order valence-corrected chi connectivity index (χ3v) is 5.05. The van der Waals surface area contributed by atoms with Crippen LogP contribution in [0.1, 0.15) is 27.7 Å². The van der Waals surface area contributed by atoms with E-state index in [4.69, 9.17) is 10.9 Å². The standard InChI is InChI=1S/C19H20F2N6O4S/c1-19(16(20)21,26-18(30)23-2)13(15(29)27-31)25-14(28)11-6-3-10(4-7-11)5-8-12-9-24-17(22)32-12/h3-4,6-7,9,13,16,31H,1-2H3,(H2,22,24)(H,25,28)(H,27,29)(H2,23,26,30)/t13-,19?/m1/s1. The van der Waals surface area contributed by atoms with Gasteiger partial charge in [-0.25, -0.2) is 24.0 Å². The molecule has 0 fully saturated rings. The lowest BCUT2D eigenvalue weighted by atomic mass is 9.91. The molecule has 7 N–H and O–H groups in total. The number of hydrogen-bond acceptors (Lipinski definition) is 7. The molecule has 13 heteroatoms. The summed E-state index contributed by atoms with van der Waals surface area (Å²) in [6.07, 6.45) is -1.76. The average Bonchev–Trinajstić information content (AvgIpc) is 3.20. The first-order valence-electron chi connectivity index (χ1n) is 8.97. The molecule has 32 heavy (non-hydrogen) atoms. The molecule has 2 atom stereocenters. The predicted molar refractivity (Wildman–Crippen MR) is 112 cm³/mol. The fourth-order valence-corrected chi connectivity index (χ4v) is 3.05. The Labute approximate surface area is 185 Å². The molecule has 2 rings (SSSR count). The molecule has 1 unspecified atom stereocenters. The zero-order valence-electron chi connectivity index (χ0n) is 16.9. The summed E-state index contributed by atoms with van der Waals surface area (Å²) in [5.74, 6) is 3.48. The highest BCUT2D eigenvalue weighted by molar-refractivity contribution is 7.15. The first-order valence-corrected chi connectivity index (χ1v) is 9.78. The second-order valence-electron chi connectivity index (χ2n) is 6.56. The fourth-order valence-electron chi connectivity index (χ4n) is 2.51. The van der Waals surface area contributed by atoms with E-state index < -0.39 is 35.9 Å². The summed E-state index contributed by atoms with van der Waals surface area (Å²) in [5, 5.41) is 15.5. The lowest BCUT2D eigenvalue weighted by Crippen LogP contribution is -2.69. The third-order valence-electron chi connectivity index (χ3n) is 4.31. The molecule has 4 amide bonds. The number of aromatic nitrogens is 1. The van der Waals surface area contributed by atoms with Crippen LogP contribution >= 0.6 is 11.3 Å². The second kappa shape index (κ2) is 10.5. The summed E-state index contributed by atoms with van der Waals surface area (Å²) in [4.78, 5) is 40.8. The van der Waals surface area contributed by atoms with Crippen molar-refractivity contribution in [3.8, 4) is 11.8 Å². The van der Waals surface area contributed by atoms with Crippen molar-refractivity contribution in [2.45, 2.75) is 24.9 Å². The maximum absolute atomic E-state index is 13.8. The van der Waals surface area contributed by atoms with Gasteiger partial charge in [0.15, 0.2) is 5.13 Å². The van der Waals surface area contributed by atoms with Crippen molar-refractivity contribution in [2.75, 3.05) is 12.8 Å². The van der Waals surface area contributed by atoms with Crippen LogP contribution in [0.3, 0.4) is 0 Å². The number of hydroxylamine groups is 1. The Bertz CT molecular complexity index is 1050. The van der Waals surface area contributed by atoms with Crippen molar-refractivity contribution in [1.29, 1.82) is 0 Å². The number of rotatable bonds is 6. The number of thiazole rings is 1. The number of alkyl halides is 2. The molecule has 0 saturated carbocycles. The summed E-state index contributed by atoms with van der Waals surface area (Å²) in [6, 6.07) is 2.77. The molecule has 1 aromatic carbocycles. The number of nitrogens with two attached hydrogens (primary N) is 1. The van der Waals surface area contributed by atoms with Gasteiger partial charge in [0.1, 0.15) is 11.6 Å². The van der Waals surface area contributed by atoms with E-state index in [1.54, 1.807) is 0 Å². The molecule has 0 aliphatic heterocycles. The van der Waals surface area contributed by atoms with Crippen molar-refractivity contribution >= 4 is 34.3 Å². The minimum absolute atomic E-state index is 0.0323. The molecular weight excluding hydrogens is 446 g/mol. The number of carbonyl (C=O) groups excluding carboxylic acids is 3. The molecule has 10 nitrogen and oxygen atoms in total. The molecule has 2 aromatic rings. The van der Waals surface area contributed by atoms with Gasteiger partial charge in [-0.15, -0.1) is 0 Å². The van der Waals surface area contributed by atoms with Gasteiger partial charge < -0.3 is 21.7 Å². The number of benzene rings is 1. The van der Waals surface area contributed by atoms with Crippen LogP contribution in [0.2, 0.25) is 0 Å². The van der Waals surface area contributed by atoms with Crippen molar-refractivity contribution < 1.29 is 28.4 Å². The summed E-state index contributed by atoms with van der Waals surface area (Å²) in [7, 11) is 1.19. The third kappa shape index (κ3) is 5.90. The maximum atomic E-state index is 13.8.